The van der Waals surface area contributed by atoms with Gasteiger partial charge >= 0.3 is 0 Å². The van der Waals surface area contributed by atoms with E-state index < -0.39 is 22.1 Å². The molecule has 0 spiro atoms. The van der Waals surface area contributed by atoms with Gasteiger partial charge in [0.1, 0.15) is 12.4 Å². The van der Waals surface area contributed by atoms with Crippen LogP contribution in [0.1, 0.15) is 6.42 Å². The van der Waals surface area contributed by atoms with E-state index in [1.165, 1.54) is 16.6 Å². The number of para-hydroxylation sites is 1. The van der Waals surface area contributed by atoms with Gasteiger partial charge in [-0.15, -0.1) is 0 Å². The fourth-order valence-electron chi connectivity index (χ4n) is 3.70. The molecule has 2 atom stereocenters. The third-order valence-corrected chi connectivity index (χ3v) is 7.45. The van der Waals surface area contributed by atoms with Gasteiger partial charge in [-0.05, 0) is 24.6 Å². The average molecular weight is 446 g/mol. The zero-order chi connectivity index (χ0) is 21.3. The van der Waals surface area contributed by atoms with Gasteiger partial charge in [-0.25, -0.2) is 8.42 Å². The number of pyridine rings is 1. The Kier molecular flexibility index (Phi) is 5.75. The molecule has 3 aromatic rings. The van der Waals surface area contributed by atoms with Crippen LogP contribution in [0.2, 0.25) is 5.02 Å². The van der Waals surface area contributed by atoms with E-state index in [1.54, 1.807) is 42.6 Å². The zero-order valence-electron chi connectivity index (χ0n) is 15.9. The highest BCUT2D eigenvalue weighted by Gasteiger charge is 2.43. The minimum Gasteiger partial charge on any atom is -0.486 e. The van der Waals surface area contributed by atoms with Crippen molar-refractivity contribution in [2.75, 3.05) is 13.2 Å². The van der Waals surface area contributed by atoms with E-state index in [2.05, 4.69) is 4.98 Å². The number of halogens is 1. The van der Waals surface area contributed by atoms with Crippen LogP contribution in [-0.2, 0) is 14.8 Å². The number of ketones is 1. The lowest BCUT2D eigenvalue weighted by Crippen LogP contribution is -2.46. The number of nitrogens with zero attached hydrogens (tertiary/aromatic N) is 2. The van der Waals surface area contributed by atoms with Crippen LogP contribution in [0.15, 0.2) is 65.8 Å². The van der Waals surface area contributed by atoms with Crippen molar-refractivity contribution < 1.29 is 17.9 Å². The molecule has 4 rings (SSSR count). The molecule has 0 amide bonds. The van der Waals surface area contributed by atoms with Crippen LogP contribution in [0.3, 0.4) is 0 Å². The topological polar surface area (TPSA) is 103 Å². The molecule has 0 aliphatic carbocycles. The maximum atomic E-state index is 13.4. The SMILES string of the molecule is N[C@@H]1C(C(=O)COc2ccccc2)CCN1S(=O)(=O)c1cccc2cncc(Cl)c12. The van der Waals surface area contributed by atoms with Gasteiger partial charge in [0, 0.05) is 29.7 Å². The van der Waals surface area contributed by atoms with Gasteiger partial charge in [-0.2, -0.15) is 4.31 Å². The molecule has 1 aliphatic heterocycles. The largest absolute Gasteiger partial charge is 0.486 e. The number of carbonyl (C=O) groups is 1. The molecular formula is C21H20ClN3O4S. The summed E-state index contributed by atoms with van der Waals surface area (Å²) in [6, 6.07) is 13.8. The Morgan fingerprint density at radius 3 is 2.70 bits per heavy atom. The summed E-state index contributed by atoms with van der Waals surface area (Å²) in [5, 5.41) is 1.24. The summed E-state index contributed by atoms with van der Waals surface area (Å²) < 4.78 is 33.4. The molecule has 0 bridgehead atoms. The van der Waals surface area contributed by atoms with Gasteiger partial charge in [0.2, 0.25) is 10.0 Å². The van der Waals surface area contributed by atoms with Crippen molar-refractivity contribution in [3.8, 4) is 5.75 Å². The van der Waals surface area contributed by atoms with Crippen LogP contribution >= 0.6 is 11.6 Å². The first kappa shape index (κ1) is 20.7. The summed E-state index contributed by atoms with van der Waals surface area (Å²) in [6.07, 6.45) is 2.31. The lowest BCUT2D eigenvalue weighted by atomic mass is 10.0. The molecule has 30 heavy (non-hydrogen) atoms. The molecule has 1 saturated heterocycles. The Morgan fingerprint density at radius 1 is 1.17 bits per heavy atom. The first-order valence-corrected chi connectivity index (χ1v) is 11.2. The number of aromatic nitrogens is 1. The van der Waals surface area contributed by atoms with Gasteiger partial charge < -0.3 is 10.5 Å². The van der Waals surface area contributed by atoms with Crippen molar-refractivity contribution in [1.82, 2.24) is 9.29 Å². The molecule has 1 fully saturated rings. The second-order valence-corrected chi connectivity index (χ2v) is 9.31. The molecule has 2 aromatic carbocycles. The van der Waals surface area contributed by atoms with E-state index in [0.29, 0.717) is 22.9 Å². The summed E-state index contributed by atoms with van der Waals surface area (Å²) in [4.78, 5) is 16.7. The summed E-state index contributed by atoms with van der Waals surface area (Å²) in [6.45, 7) is -0.0215. The van der Waals surface area contributed by atoms with Gasteiger partial charge in [0.15, 0.2) is 5.78 Å². The van der Waals surface area contributed by atoms with Crippen LogP contribution in [0.4, 0.5) is 0 Å². The number of fused-ring (bicyclic) bond motifs is 1. The summed E-state index contributed by atoms with van der Waals surface area (Å²) >= 11 is 6.24. The van der Waals surface area contributed by atoms with Gasteiger partial charge in [0.25, 0.3) is 0 Å². The number of ether oxygens (including phenoxy) is 1. The maximum absolute atomic E-state index is 13.4. The molecule has 0 radical (unpaired) electrons. The Labute approximate surface area is 179 Å². The maximum Gasteiger partial charge on any atom is 0.245 e. The predicted molar refractivity (Wildman–Crippen MR) is 114 cm³/mol. The Balaban J connectivity index is 1.56. The number of hydrogen-bond donors (Lipinski definition) is 1. The van der Waals surface area contributed by atoms with Crippen LogP contribution < -0.4 is 10.5 Å². The Hall–Kier alpha value is -2.52. The van der Waals surface area contributed by atoms with Crippen molar-refractivity contribution in [2.45, 2.75) is 17.5 Å². The standard InChI is InChI=1S/C21H20ClN3O4S/c22-17-12-24-11-14-5-4-8-19(20(14)17)30(27,28)25-10-9-16(21(25)23)18(26)13-29-15-6-2-1-3-7-15/h1-8,11-12,16,21H,9-10,13,23H2/t16?,21-/m0/s1. The number of hydrogen-bond acceptors (Lipinski definition) is 6. The van der Waals surface area contributed by atoms with Gasteiger partial charge in [-0.3, -0.25) is 9.78 Å². The molecule has 1 aliphatic rings. The summed E-state index contributed by atoms with van der Waals surface area (Å²) in [5.74, 6) is -0.305. The lowest BCUT2D eigenvalue weighted by molar-refractivity contribution is -0.125. The van der Waals surface area contributed by atoms with Crippen LogP contribution in [0.5, 0.6) is 5.75 Å². The molecule has 2 heterocycles. The average Bonchev–Trinajstić information content (AvgIpc) is 3.15. The number of benzene rings is 2. The van der Waals surface area contributed by atoms with E-state index in [4.69, 9.17) is 22.1 Å². The number of Topliss-reactive ketones (excluding diaryl/α,β-unsaturated/α-hetero) is 1. The highest BCUT2D eigenvalue weighted by molar-refractivity contribution is 7.89. The second-order valence-electron chi connectivity index (χ2n) is 7.05. The first-order chi connectivity index (χ1) is 14.4. The smallest absolute Gasteiger partial charge is 0.245 e. The van der Waals surface area contributed by atoms with Crippen molar-refractivity contribution in [3.05, 3.63) is 65.9 Å². The fourth-order valence-corrected chi connectivity index (χ4v) is 5.82. The Morgan fingerprint density at radius 2 is 1.93 bits per heavy atom. The second kappa shape index (κ2) is 8.31. The van der Waals surface area contributed by atoms with E-state index in [-0.39, 0.29) is 28.9 Å². The number of nitrogens with two attached hydrogens (primary N) is 1. The molecule has 1 unspecified atom stereocenters. The number of rotatable bonds is 6. The molecule has 9 heteroatoms. The molecule has 156 valence electrons. The van der Waals surface area contributed by atoms with Crippen molar-refractivity contribution in [1.29, 1.82) is 0 Å². The molecule has 1 aromatic heterocycles. The van der Waals surface area contributed by atoms with E-state index in [1.807, 2.05) is 6.07 Å². The summed E-state index contributed by atoms with van der Waals surface area (Å²) in [7, 11) is -3.97. The zero-order valence-corrected chi connectivity index (χ0v) is 17.5. The van der Waals surface area contributed by atoms with E-state index >= 15 is 0 Å². The highest BCUT2D eigenvalue weighted by atomic mass is 35.5. The third kappa shape index (κ3) is 3.79. The number of carbonyl (C=O) groups excluding carboxylic acids is 1. The predicted octanol–water partition coefficient (Wildman–Crippen LogP) is 2.83. The van der Waals surface area contributed by atoms with E-state index in [9.17, 15) is 13.2 Å². The van der Waals surface area contributed by atoms with Gasteiger partial charge in [-0.1, -0.05) is 41.9 Å². The van der Waals surface area contributed by atoms with Crippen LogP contribution in [0, 0.1) is 5.92 Å². The van der Waals surface area contributed by atoms with Crippen molar-refractivity contribution in [2.24, 2.45) is 11.7 Å². The van der Waals surface area contributed by atoms with E-state index in [0.717, 1.165) is 0 Å². The Bertz CT molecular complexity index is 1180. The molecule has 2 N–H and O–H groups in total. The monoisotopic (exact) mass is 445 g/mol. The molecular weight excluding hydrogens is 426 g/mol. The minimum atomic E-state index is -3.97. The minimum absolute atomic E-state index is 0.0523. The first-order valence-electron chi connectivity index (χ1n) is 9.40. The van der Waals surface area contributed by atoms with Gasteiger partial charge in [0.05, 0.1) is 22.0 Å². The number of sulfonamides is 1. The lowest BCUT2D eigenvalue weighted by Gasteiger charge is -2.24. The van der Waals surface area contributed by atoms with Crippen molar-refractivity contribution >= 4 is 38.2 Å². The fraction of sp³-hybridized carbons (Fsp3) is 0.238. The normalized spacial score (nSPS) is 19.8. The quantitative estimate of drug-likeness (QED) is 0.625. The third-order valence-electron chi connectivity index (χ3n) is 5.23. The highest BCUT2D eigenvalue weighted by Crippen LogP contribution is 2.34. The van der Waals surface area contributed by atoms with Crippen molar-refractivity contribution in [3.63, 3.8) is 0 Å². The summed E-state index contributed by atoms with van der Waals surface area (Å²) in [5.41, 5.74) is 6.22. The van der Waals surface area contributed by atoms with Crippen LogP contribution in [0.25, 0.3) is 10.8 Å². The van der Waals surface area contributed by atoms with Crippen LogP contribution in [-0.4, -0.2) is 42.8 Å². The molecule has 0 saturated carbocycles. The molecule has 7 nitrogen and oxygen atoms in total.